The fourth-order valence-corrected chi connectivity index (χ4v) is 20.9. The molecule has 0 amide bonds. The van der Waals surface area contributed by atoms with Gasteiger partial charge in [-0.25, -0.2) is 0 Å². The van der Waals surface area contributed by atoms with Gasteiger partial charge in [-0.15, -0.1) is 0 Å². The smallest absolute Gasteiger partial charge is 0.136 e. The largest absolute Gasteiger partial charge is 0.456 e. The van der Waals surface area contributed by atoms with Crippen molar-refractivity contribution >= 4 is 163 Å². The third-order valence-electron chi connectivity index (χ3n) is 26.6. The number of rotatable bonds is 9. The molecule has 0 aliphatic rings. The van der Waals surface area contributed by atoms with Crippen molar-refractivity contribution < 1.29 is 13.3 Å². The molecule has 0 N–H and O–H groups in total. The lowest BCUT2D eigenvalue weighted by Crippen LogP contribution is -1.94. The molecule has 0 bridgehead atoms. The van der Waals surface area contributed by atoms with Crippen LogP contribution in [0.5, 0.6) is 0 Å². The molecule has 27 aromatic rings. The molecule has 0 spiro atoms. The molecule has 0 unspecified atom stereocenters. The van der Waals surface area contributed by atoms with Gasteiger partial charge in [0.1, 0.15) is 33.5 Å². The van der Waals surface area contributed by atoms with E-state index in [0.717, 1.165) is 82.5 Å². The Morgan fingerprint density at radius 1 is 0.109 bits per heavy atom. The van der Waals surface area contributed by atoms with Gasteiger partial charge in [0.25, 0.3) is 0 Å². The number of hydrogen-bond acceptors (Lipinski definition) is 3. The Kier molecular flexibility index (Phi) is 18.0. The van der Waals surface area contributed by atoms with Crippen molar-refractivity contribution in [2.75, 3.05) is 0 Å². The van der Waals surface area contributed by atoms with E-state index in [1.54, 1.807) is 0 Å². The van der Waals surface area contributed by atoms with Crippen LogP contribution in [0.1, 0.15) is 0 Å². The lowest BCUT2D eigenvalue weighted by Gasteiger charge is -2.21. The third kappa shape index (κ3) is 12.6. The van der Waals surface area contributed by atoms with Crippen LogP contribution in [0.25, 0.3) is 263 Å². The maximum Gasteiger partial charge on any atom is 0.136 e. The van der Waals surface area contributed by atoms with Crippen molar-refractivity contribution in [2.24, 2.45) is 0 Å². The fraction of sp³-hybridized carbons (Fsp3) is 0. The van der Waals surface area contributed by atoms with Gasteiger partial charge in [-0.1, -0.05) is 413 Å². The summed E-state index contributed by atoms with van der Waals surface area (Å²) in [5.74, 6) is 0. The van der Waals surface area contributed by atoms with E-state index in [1.807, 2.05) is 36.4 Å². The lowest BCUT2D eigenvalue weighted by atomic mass is 9.82. The van der Waals surface area contributed by atoms with Crippen LogP contribution < -0.4 is 0 Å². The minimum Gasteiger partial charge on any atom is -0.456 e. The maximum atomic E-state index is 6.34. The highest BCUT2D eigenvalue weighted by Crippen LogP contribution is 2.53. The SMILES string of the molecule is c1ccc(-c2ccc3cccc(-c4c5ccccc5c(-c5ccc6c(c5)oc5ccccc56)c5ccccc45)c3c2)cc1.c1ccc(-c2ccc3ccccc3c2-c2c3ccccc3c(-c3ccc4c(c3)oc3ccccc34)c3ccccc23)cc1.c1ccc(-c2cccc3cccc(-c4c5ccccc5c(-c5ccc6c(c5)oc5ccccc56)c5ccccc45)c23)cc1. The van der Waals surface area contributed by atoms with Gasteiger partial charge in [-0.3, -0.25) is 0 Å². The highest BCUT2D eigenvalue weighted by atomic mass is 16.3. The first-order valence-electron chi connectivity index (χ1n) is 44.3. The number of hydrogen-bond donors (Lipinski definition) is 0. The monoisotopic (exact) mass is 1640 g/mol. The Bertz CT molecular complexity index is 8990. The highest BCUT2D eigenvalue weighted by molar-refractivity contribution is 6.29. The second-order valence-electron chi connectivity index (χ2n) is 33.7. The van der Waals surface area contributed by atoms with Gasteiger partial charge >= 0.3 is 0 Å². The predicted octanol–water partition coefficient (Wildman–Crippen LogP) is 36.1. The molecule has 0 saturated carbocycles. The van der Waals surface area contributed by atoms with Gasteiger partial charge in [0, 0.05) is 32.3 Å². The summed E-state index contributed by atoms with van der Waals surface area (Å²) in [7, 11) is 0. The van der Waals surface area contributed by atoms with Gasteiger partial charge in [0.05, 0.1) is 0 Å². The first kappa shape index (κ1) is 74.6. The molecule has 3 nitrogen and oxygen atoms in total. The highest BCUT2D eigenvalue weighted by Gasteiger charge is 2.26. The van der Waals surface area contributed by atoms with E-state index in [1.165, 1.54) is 180 Å². The minimum absolute atomic E-state index is 0.913. The van der Waals surface area contributed by atoms with Crippen molar-refractivity contribution in [3.63, 3.8) is 0 Å². The standard InChI is InChI=1S/3C42H26O/c1-2-12-27(13-3-1)30-21-10-14-28-15-11-22-37(40(28)30)42-35-19-6-4-17-33(35)41(34-18-5-7-20-36(34)42)29-24-25-32-31-16-8-9-23-38(31)43-39(32)26-29;1-2-11-27(12-3-1)29-22-21-28-13-10-19-37(38(28)25-29)42-35-17-6-4-15-33(35)41(34-16-5-7-18-36(34)42)30-23-24-32-31-14-8-9-20-39(31)43-40(32)26-30;1-2-12-27(13-3-1)31-24-22-28-14-4-5-15-30(28)41(31)42-36-19-8-6-17-34(36)40(35-18-7-9-20-37(35)42)29-23-25-33-32-16-10-11-21-38(32)43-39(33)26-29/h3*1-26H. The van der Waals surface area contributed by atoms with E-state index in [9.17, 15) is 0 Å². The summed E-state index contributed by atoms with van der Waals surface area (Å²) in [5, 5.41) is 29.3. The van der Waals surface area contributed by atoms with Crippen molar-refractivity contribution in [1.82, 2.24) is 0 Å². The van der Waals surface area contributed by atoms with E-state index in [4.69, 9.17) is 13.3 Å². The minimum atomic E-state index is 0.913. The fourth-order valence-electron chi connectivity index (χ4n) is 20.9. The van der Waals surface area contributed by atoms with Crippen LogP contribution in [0.3, 0.4) is 0 Å². The molecule has 0 aliphatic carbocycles. The van der Waals surface area contributed by atoms with Crippen LogP contribution in [-0.2, 0) is 0 Å². The topological polar surface area (TPSA) is 39.4 Å². The van der Waals surface area contributed by atoms with Gasteiger partial charge in [-0.05, 0) is 258 Å². The Labute approximate surface area is 744 Å². The van der Waals surface area contributed by atoms with Gasteiger partial charge < -0.3 is 13.3 Å². The Morgan fingerprint density at radius 2 is 0.388 bits per heavy atom. The van der Waals surface area contributed by atoms with E-state index in [2.05, 4.69) is 437 Å². The van der Waals surface area contributed by atoms with Crippen LogP contribution in [-0.4, -0.2) is 0 Å². The number of para-hydroxylation sites is 3. The second kappa shape index (κ2) is 31.1. The molecular weight excluding hydrogens is 1560 g/mol. The van der Waals surface area contributed by atoms with Gasteiger partial charge in [0.2, 0.25) is 0 Å². The summed E-state index contributed by atoms with van der Waals surface area (Å²) in [6.45, 7) is 0. The normalized spacial score (nSPS) is 11.7. The van der Waals surface area contributed by atoms with Gasteiger partial charge in [-0.2, -0.15) is 0 Å². The van der Waals surface area contributed by atoms with Crippen molar-refractivity contribution in [3.05, 3.63) is 473 Å². The van der Waals surface area contributed by atoms with E-state index in [0.29, 0.717) is 0 Å². The average molecular weight is 1640 g/mol. The molecule has 0 radical (unpaired) electrons. The summed E-state index contributed by atoms with van der Waals surface area (Å²) in [6.07, 6.45) is 0. The molecule has 3 aromatic heterocycles. The molecule has 3 heteroatoms. The first-order chi connectivity index (χ1) is 64.0. The maximum absolute atomic E-state index is 6.34. The number of fused-ring (bicyclic) bond motifs is 18. The van der Waals surface area contributed by atoms with Crippen molar-refractivity contribution in [1.29, 1.82) is 0 Å². The Balaban J connectivity index is 0.000000105. The van der Waals surface area contributed by atoms with Crippen LogP contribution >= 0.6 is 0 Å². The molecule has 0 saturated heterocycles. The molecule has 3 heterocycles. The quantitative estimate of drug-likeness (QED) is 0.135. The predicted molar refractivity (Wildman–Crippen MR) is 548 cm³/mol. The third-order valence-corrected chi connectivity index (χ3v) is 26.6. The number of furan rings is 3. The van der Waals surface area contributed by atoms with Gasteiger partial charge in [0.15, 0.2) is 0 Å². The molecule has 129 heavy (non-hydrogen) atoms. The molecule has 0 fully saturated rings. The summed E-state index contributed by atoms with van der Waals surface area (Å²) < 4.78 is 19.0. The zero-order chi connectivity index (χ0) is 85.0. The Morgan fingerprint density at radius 3 is 0.806 bits per heavy atom. The Hall–Kier alpha value is -17.0. The zero-order valence-corrected chi connectivity index (χ0v) is 70.3. The van der Waals surface area contributed by atoms with Crippen LogP contribution in [0.2, 0.25) is 0 Å². The first-order valence-corrected chi connectivity index (χ1v) is 44.3. The lowest BCUT2D eigenvalue weighted by molar-refractivity contribution is 0.668. The second-order valence-corrected chi connectivity index (χ2v) is 33.7. The van der Waals surface area contributed by atoms with E-state index in [-0.39, 0.29) is 0 Å². The zero-order valence-electron chi connectivity index (χ0n) is 70.3. The number of benzene rings is 24. The van der Waals surface area contributed by atoms with Crippen molar-refractivity contribution in [3.8, 4) is 100 Å². The summed E-state index contributed by atoms with van der Waals surface area (Å²) >= 11 is 0. The molecule has 27 rings (SSSR count). The van der Waals surface area contributed by atoms with E-state index >= 15 is 0 Å². The summed E-state index contributed by atoms with van der Waals surface area (Å²) in [4.78, 5) is 0. The molecule has 600 valence electrons. The van der Waals surface area contributed by atoms with Crippen LogP contribution in [0.15, 0.2) is 486 Å². The molecular formula is C126H78O3. The molecule has 0 atom stereocenters. The summed E-state index contributed by atoms with van der Waals surface area (Å²) in [5.41, 5.74) is 27.7. The summed E-state index contributed by atoms with van der Waals surface area (Å²) in [6, 6.07) is 170. The molecule has 0 aliphatic heterocycles. The van der Waals surface area contributed by atoms with Crippen LogP contribution in [0.4, 0.5) is 0 Å². The van der Waals surface area contributed by atoms with E-state index < -0.39 is 0 Å². The van der Waals surface area contributed by atoms with Crippen molar-refractivity contribution in [2.45, 2.75) is 0 Å². The molecule has 24 aromatic carbocycles. The van der Waals surface area contributed by atoms with Crippen LogP contribution in [0, 0.1) is 0 Å². The average Bonchev–Trinajstić information content (AvgIpc) is 1.63.